The lowest BCUT2D eigenvalue weighted by atomic mass is 9.95. The van der Waals surface area contributed by atoms with Crippen molar-refractivity contribution >= 4 is 17.4 Å². The summed E-state index contributed by atoms with van der Waals surface area (Å²) in [6, 6.07) is 21.6. The maximum atomic E-state index is 13.3. The predicted octanol–water partition coefficient (Wildman–Crippen LogP) is 5.35. The van der Waals surface area contributed by atoms with Crippen LogP contribution in [0.25, 0.3) is 5.76 Å². The summed E-state index contributed by atoms with van der Waals surface area (Å²) >= 11 is 0. The lowest BCUT2D eigenvalue weighted by Gasteiger charge is -2.26. The average Bonchev–Trinajstić information content (AvgIpc) is 3.17. The zero-order valence-electron chi connectivity index (χ0n) is 23.0. The van der Waals surface area contributed by atoms with Gasteiger partial charge in [-0.3, -0.25) is 9.59 Å². The maximum Gasteiger partial charge on any atom is 0.295 e. The van der Waals surface area contributed by atoms with E-state index in [0.29, 0.717) is 43.2 Å². The number of carbonyl (C=O) groups excluding carboxylic acids is 2. The number of amides is 1. The number of hydrogen-bond acceptors (Lipinski definition) is 6. The number of benzene rings is 3. The van der Waals surface area contributed by atoms with Crippen molar-refractivity contribution in [1.82, 2.24) is 9.80 Å². The Morgan fingerprint density at radius 2 is 1.62 bits per heavy atom. The molecular formula is C32H36N2O5. The third-order valence-electron chi connectivity index (χ3n) is 6.67. The number of aliphatic hydroxyl groups excluding tert-OH is 1. The second-order valence-corrected chi connectivity index (χ2v) is 9.95. The molecule has 7 heteroatoms. The minimum Gasteiger partial charge on any atom is -0.507 e. The molecular weight excluding hydrogens is 492 g/mol. The molecule has 0 aliphatic carbocycles. The van der Waals surface area contributed by atoms with Crippen molar-refractivity contribution < 1.29 is 24.2 Å². The molecule has 1 aliphatic rings. The standard InChI is InChI=1S/C32H36N2O5/c1-5-38-26-14-10-24(11-15-26)29-28(31(36)32(37)34(29)19-7-18-33(3)4)30(35)25-12-16-27(17-13-25)39-21-23-9-6-8-22(2)20-23/h6,8-17,20,29,35H,5,7,18-19,21H2,1-4H3/b30-28-. The molecule has 3 aromatic carbocycles. The van der Waals surface area contributed by atoms with Gasteiger partial charge in [0.1, 0.15) is 23.9 Å². The van der Waals surface area contributed by atoms with Gasteiger partial charge in [0.25, 0.3) is 11.7 Å². The van der Waals surface area contributed by atoms with Crippen LogP contribution in [0.1, 0.15) is 41.6 Å². The summed E-state index contributed by atoms with van der Waals surface area (Å²) in [6.07, 6.45) is 0.695. The molecule has 1 atom stereocenters. The van der Waals surface area contributed by atoms with Crippen LogP contribution in [0.3, 0.4) is 0 Å². The summed E-state index contributed by atoms with van der Waals surface area (Å²) in [5.41, 5.74) is 3.49. The number of carbonyl (C=O) groups is 2. The Morgan fingerprint density at radius 3 is 2.26 bits per heavy atom. The maximum absolute atomic E-state index is 13.3. The normalized spacial score (nSPS) is 16.6. The highest BCUT2D eigenvalue weighted by Crippen LogP contribution is 2.40. The molecule has 1 heterocycles. The van der Waals surface area contributed by atoms with Gasteiger partial charge in [0.05, 0.1) is 18.2 Å². The highest BCUT2D eigenvalue weighted by molar-refractivity contribution is 6.46. The van der Waals surface area contributed by atoms with Gasteiger partial charge >= 0.3 is 0 Å². The zero-order chi connectivity index (χ0) is 27.9. The zero-order valence-corrected chi connectivity index (χ0v) is 23.0. The van der Waals surface area contributed by atoms with Crippen molar-refractivity contribution in [3.05, 3.63) is 101 Å². The fourth-order valence-corrected chi connectivity index (χ4v) is 4.76. The molecule has 1 fully saturated rings. The predicted molar refractivity (Wildman–Crippen MR) is 152 cm³/mol. The van der Waals surface area contributed by atoms with Crippen LogP contribution in [0, 0.1) is 6.92 Å². The van der Waals surface area contributed by atoms with E-state index in [4.69, 9.17) is 9.47 Å². The van der Waals surface area contributed by atoms with Crippen LogP contribution in [0.15, 0.2) is 78.4 Å². The van der Waals surface area contributed by atoms with Crippen molar-refractivity contribution in [2.45, 2.75) is 32.9 Å². The summed E-state index contributed by atoms with van der Waals surface area (Å²) < 4.78 is 11.5. The van der Waals surface area contributed by atoms with E-state index in [1.807, 2.05) is 75.3 Å². The molecule has 1 aliphatic heterocycles. The van der Waals surface area contributed by atoms with Crippen LogP contribution in [0.2, 0.25) is 0 Å². The molecule has 0 spiro atoms. The van der Waals surface area contributed by atoms with E-state index in [9.17, 15) is 14.7 Å². The number of aryl methyl sites for hydroxylation is 1. The van der Waals surface area contributed by atoms with E-state index in [1.165, 1.54) is 0 Å². The molecule has 0 aromatic heterocycles. The largest absolute Gasteiger partial charge is 0.507 e. The van der Waals surface area contributed by atoms with Crippen molar-refractivity contribution in [2.75, 3.05) is 33.8 Å². The van der Waals surface area contributed by atoms with Crippen molar-refractivity contribution in [3.8, 4) is 11.5 Å². The first-order valence-corrected chi connectivity index (χ1v) is 13.2. The molecule has 1 amide bonds. The van der Waals surface area contributed by atoms with Gasteiger partial charge in [0, 0.05) is 12.1 Å². The number of ether oxygens (including phenoxy) is 2. The molecule has 0 bridgehead atoms. The van der Waals surface area contributed by atoms with Gasteiger partial charge in [-0.15, -0.1) is 0 Å². The van der Waals surface area contributed by atoms with Crippen LogP contribution < -0.4 is 9.47 Å². The number of likely N-dealkylation sites (tertiary alicyclic amines) is 1. The minimum absolute atomic E-state index is 0.0856. The van der Waals surface area contributed by atoms with E-state index < -0.39 is 17.7 Å². The number of nitrogens with zero attached hydrogens (tertiary/aromatic N) is 2. The first-order valence-electron chi connectivity index (χ1n) is 13.2. The van der Waals surface area contributed by atoms with Gasteiger partial charge in [0.15, 0.2) is 0 Å². The van der Waals surface area contributed by atoms with Crippen LogP contribution >= 0.6 is 0 Å². The summed E-state index contributed by atoms with van der Waals surface area (Å²) in [4.78, 5) is 30.0. The Labute approximate surface area is 230 Å². The molecule has 39 heavy (non-hydrogen) atoms. The van der Waals surface area contributed by atoms with Crippen molar-refractivity contribution in [3.63, 3.8) is 0 Å². The van der Waals surface area contributed by atoms with Crippen molar-refractivity contribution in [2.24, 2.45) is 0 Å². The number of hydrogen-bond donors (Lipinski definition) is 1. The number of ketones is 1. The third kappa shape index (κ3) is 6.67. The monoisotopic (exact) mass is 528 g/mol. The highest BCUT2D eigenvalue weighted by Gasteiger charge is 2.45. The lowest BCUT2D eigenvalue weighted by Crippen LogP contribution is -2.32. The third-order valence-corrected chi connectivity index (χ3v) is 6.67. The first kappa shape index (κ1) is 27.9. The van der Waals surface area contributed by atoms with E-state index in [-0.39, 0.29) is 11.3 Å². The van der Waals surface area contributed by atoms with Gasteiger partial charge in [-0.1, -0.05) is 42.0 Å². The van der Waals surface area contributed by atoms with Gasteiger partial charge in [-0.05, 0) is 88.4 Å². The molecule has 7 nitrogen and oxygen atoms in total. The topological polar surface area (TPSA) is 79.3 Å². The van der Waals surface area contributed by atoms with E-state index >= 15 is 0 Å². The van der Waals surface area contributed by atoms with Gasteiger partial charge in [-0.2, -0.15) is 0 Å². The van der Waals surface area contributed by atoms with Crippen molar-refractivity contribution in [1.29, 1.82) is 0 Å². The molecule has 3 aromatic rings. The number of rotatable bonds is 11. The highest BCUT2D eigenvalue weighted by atomic mass is 16.5. The summed E-state index contributed by atoms with van der Waals surface area (Å²) in [5, 5.41) is 11.3. The quantitative estimate of drug-likeness (QED) is 0.205. The molecule has 1 saturated heterocycles. The Bertz CT molecular complexity index is 1330. The Morgan fingerprint density at radius 1 is 0.949 bits per heavy atom. The number of aliphatic hydroxyl groups is 1. The fraction of sp³-hybridized carbons (Fsp3) is 0.312. The van der Waals surface area contributed by atoms with Crippen LogP contribution in [0.4, 0.5) is 0 Å². The average molecular weight is 529 g/mol. The molecule has 1 unspecified atom stereocenters. The van der Waals surface area contributed by atoms with Crippen LogP contribution in [-0.2, 0) is 16.2 Å². The summed E-state index contributed by atoms with van der Waals surface area (Å²) in [5.74, 6) is -0.150. The van der Waals surface area contributed by atoms with E-state index in [0.717, 1.165) is 23.2 Å². The Hall–Kier alpha value is -4.10. The molecule has 204 valence electrons. The summed E-state index contributed by atoms with van der Waals surface area (Å²) in [6.45, 7) is 6.06. The van der Waals surface area contributed by atoms with Crippen LogP contribution in [-0.4, -0.2) is 60.4 Å². The Balaban J connectivity index is 1.63. The second-order valence-electron chi connectivity index (χ2n) is 9.95. The summed E-state index contributed by atoms with van der Waals surface area (Å²) in [7, 11) is 3.93. The minimum atomic E-state index is -0.694. The van der Waals surface area contributed by atoms with Gasteiger partial charge in [0.2, 0.25) is 0 Å². The first-order chi connectivity index (χ1) is 18.8. The molecule has 0 saturated carbocycles. The van der Waals surface area contributed by atoms with E-state index in [2.05, 4.69) is 6.07 Å². The van der Waals surface area contributed by atoms with Gasteiger partial charge in [-0.25, -0.2) is 0 Å². The smallest absolute Gasteiger partial charge is 0.295 e. The lowest BCUT2D eigenvalue weighted by molar-refractivity contribution is -0.139. The van der Waals surface area contributed by atoms with Gasteiger partial charge < -0.3 is 24.4 Å². The molecule has 4 rings (SSSR count). The van der Waals surface area contributed by atoms with E-state index in [1.54, 1.807) is 29.2 Å². The molecule has 0 radical (unpaired) electrons. The second kappa shape index (κ2) is 12.6. The fourth-order valence-electron chi connectivity index (χ4n) is 4.76. The number of Topliss-reactive ketones (excluding diaryl/α,β-unsaturated/α-hetero) is 1. The Kier molecular flexibility index (Phi) is 9.04. The molecule has 1 N–H and O–H groups in total. The SMILES string of the molecule is CCOc1ccc(C2/C(=C(/O)c3ccc(OCc4cccc(C)c4)cc3)C(=O)C(=O)N2CCCN(C)C)cc1. The van der Waals surface area contributed by atoms with Crippen LogP contribution in [0.5, 0.6) is 11.5 Å².